The highest BCUT2D eigenvalue weighted by Crippen LogP contribution is 2.25. The number of halogens is 1. The number of hydrogen-bond donors (Lipinski definition) is 2. The van der Waals surface area contributed by atoms with Crippen LogP contribution in [0.15, 0.2) is 28.7 Å². The van der Waals surface area contributed by atoms with E-state index in [1.165, 1.54) is 5.56 Å². The lowest BCUT2D eigenvalue weighted by Gasteiger charge is -2.21. The average Bonchev–Trinajstić information content (AvgIpc) is 2.54. The molecule has 1 aromatic carbocycles. The molecule has 0 radical (unpaired) electrons. The molecule has 0 bridgehead atoms. The molecule has 1 aliphatic heterocycles. The van der Waals surface area contributed by atoms with Crippen LogP contribution in [0.4, 0.5) is 0 Å². The Morgan fingerprint density at radius 1 is 1.15 bits per heavy atom. The fourth-order valence-electron chi connectivity index (χ4n) is 1.63. The zero-order valence-electron chi connectivity index (χ0n) is 7.60. The normalized spacial score (nSPS) is 20.5. The van der Waals surface area contributed by atoms with E-state index in [-0.39, 0.29) is 5.41 Å². The number of hydrazine groups is 1. The molecule has 70 valence electrons. The van der Waals surface area contributed by atoms with Gasteiger partial charge in [-0.05, 0) is 17.7 Å². The molecule has 2 nitrogen and oxygen atoms in total. The molecule has 1 fully saturated rings. The van der Waals surface area contributed by atoms with E-state index in [0.717, 1.165) is 17.6 Å². The number of rotatable bonds is 1. The first-order chi connectivity index (χ1) is 6.21. The van der Waals surface area contributed by atoms with Crippen LogP contribution in [0.5, 0.6) is 0 Å². The van der Waals surface area contributed by atoms with Crippen LogP contribution in [0.2, 0.25) is 0 Å². The van der Waals surface area contributed by atoms with Crippen molar-refractivity contribution in [3.63, 3.8) is 0 Å². The Kier molecular flexibility index (Phi) is 2.41. The van der Waals surface area contributed by atoms with Gasteiger partial charge in [0.25, 0.3) is 0 Å². The summed E-state index contributed by atoms with van der Waals surface area (Å²) in [5, 5.41) is 0. The van der Waals surface area contributed by atoms with Crippen LogP contribution in [0, 0.1) is 0 Å². The highest BCUT2D eigenvalue weighted by atomic mass is 79.9. The maximum absolute atomic E-state index is 3.44. The summed E-state index contributed by atoms with van der Waals surface area (Å²) in [6.07, 6.45) is 0. The average molecular weight is 241 g/mol. The van der Waals surface area contributed by atoms with Gasteiger partial charge in [-0.1, -0.05) is 35.0 Å². The van der Waals surface area contributed by atoms with Gasteiger partial charge in [-0.15, -0.1) is 0 Å². The monoisotopic (exact) mass is 240 g/mol. The van der Waals surface area contributed by atoms with Crippen molar-refractivity contribution in [3.05, 3.63) is 34.3 Å². The zero-order chi connectivity index (χ0) is 9.31. The van der Waals surface area contributed by atoms with Crippen molar-refractivity contribution in [2.24, 2.45) is 0 Å². The van der Waals surface area contributed by atoms with Crippen LogP contribution >= 0.6 is 15.9 Å². The van der Waals surface area contributed by atoms with Gasteiger partial charge in [-0.25, -0.2) is 0 Å². The molecule has 3 heteroatoms. The lowest BCUT2D eigenvalue weighted by Crippen LogP contribution is -2.27. The van der Waals surface area contributed by atoms with E-state index in [1.54, 1.807) is 0 Å². The third-order valence-corrected chi connectivity index (χ3v) is 3.15. The molecular formula is C10H13BrN2. The molecule has 1 aliphatic rings. The molecule has 2 N–H and O–H groups in total. The molecule has 2 rings (SSSR count). The summed E-state index contributed by atoms with van der Waals surface area (Å²) in [6.45, 7) is 4.26. The fourth-order valence-corrected chi connectivity index (χ4v) is 1.90. The van der Waals surface area contributed by atoms with E-state index in [9.17, 15) is 0 Å². The Morgan fingerprint density at radius 3 is 2.23 bits per heavy atom. The van der Waals surface area contributed by atoms with Gasteiger partial charge in [-0.2, -0.15) is 0 Å². The minimum atomic E-state index is 0.237. The minimum absolute atomic E-state index is 0.237. The Labute approximate surface area is 86.8 Å². The SMILES string of the molecule is CC1(c2ccc(Br)cc2)CNNC1. The van der Waals surface area contributed by atoms with E-state index in [2.05, 4.69) is 58.0 Å². The van der Waals surface area contributed by atoms with E-state index in [1.807, 2.05) is 0 Å². The fraction of sp³-hybridized carbons (Fsp3) is 0.400. The predicted molar refractivity (Wildman–Crippen MR) is 57.5 cm³/mol. The largest absolute Gasteiger partial charge is 0.257 e. The maximum Gasteiger partial charge on any atom is 0.0207 e. The van der Waals surface area contributed by atoms with Gasteiger partial charge in [0.15, 0.2) is 0 Å². The summed E-state index contributed by atoms with van der Waals surface area (Å²) in [5.74, 6) is 0. The summed E-state index contributed by atoms with van der Waals surface area (Å²) in [7, 11) is 0. The number of benzene rings is 1. The topological polar surface area (TPSA) is 24.1 Å². The Bertz CT molecular complexity index is 288. The van der Waals surface area contributed by atoms with Crippen molar-refractivity contribution in [1.82, 2.24) is 10.9 Å². The molecule has 0 spiro atoms. The van der Waals surface area contributed by atoms with Crippen LogP contribution in [-0.4, -0.2) is 13.1 Å². The Balaban J connectivity index is 2.29. The number of nitrogens with one attached hydrogen (secondary N) is 2. The van der Waals surface area contributed by atoms with Crippen molar-refractivity contribution in [2.75, 3.05) is 13.1 Å². The van der Waals surface area contributed by atoms with Crippen molar-refractivity contribution in [2.45, 2.75) is 12.3 Å². The Morgan fingerprint density at radius 2 is 1.69 bits per heavy atom. The molecule has 0 aliphatic carbocycles. The zero-order valence-corrected chi connectivity index (χ0v) is 9.19. The van der Waals surface area contributed by atoms with Crippen LogP contribution in [0.25, 0.3) is 0 Å². The summed E-state index contributed by atoms with van der Waals surface area (Å²) >= 11 is 3.44. The first kappa shape index (κ1) is 9.19. The van der Waals surface area contributed by atoms with Gasteiger partial charge < -0.3 is 0 Å². The maximum atomic E-state index is 3.44. The van der Waals surface area contributed by atoms with Crippen LogP contribution in [-0.2, 0) is 5.41 Å². The molecule has 0 amide bonds. The molecule has 0 saturated carbocycles. The third-order valence-electron chi connectivity index (χ3n) is 2.62. The molecule has 0 atom stereocenters. The summed E-state index contributed by atoms with van der Waals surface area (Å²) < 4.78 is 1.14. The highest BCUT2D eigenvalue weighted by Gasteiger charge is 2.30. The molecule has 1 saturated heterocycles. The van der Waals surface area contributed by atoms with E-state index < -0.39 is 0 Å². The second-order valence-electron chi connectivity index (χ2n) is 3.77. The van der Waals surface area contributed by atoms with Crippen LogP contribution in [0.1, 0.15) is 12.5 Å². The van der Waals surface area contributed by atoms with E-state index in [0.29, 0.717) is 0 Å². The lowest BCUT2D eigenvalue weighted by atomic mass is 9.84. The smallest absolute Gasteiger partial charge is 0.0207 e. The second-order valence-corrected chi connectivity index (χ2v) is 4.69. The summed E-state index contributed by atoms with van der Waals surface area (Å²) in [6, 6.07) is 8.55. The quantitative estimate of drug-likeness (QED) is 0.783. The van der Waals surface area contributed by atoms with E-state index in [4.69, 9.17) is 0 Å². The van der Waals surface area contributed by atoms with Gasteiger partial charge in [0.05, 0.1) is 0 Å². The first-order valence-corrected chi connectivity index (χ1v) is 5.22. The molecule has 13 heavy (non-hydrogen) atoms. The third kappa shape index (κ3) is 1.77. The van der Waals surface area contributed by atoms with Crippen molar-refractivity contribution >= 4 is 15.9 Å². The van der Waals surface area contributed by atoms with Gasteiger partial charge in [-0.3, -0.25) is 10.9 Å². The van der Waals surface area contributed by atoms with Gasteiger partial charge >= 0.3 is 0 Å². The standard InChI is InChI=1S/C10H13BrN2/c1-10(6-12-13-7-10)8-2-4-9(11)5-3-8/h2-5,12-13H,6-7H2,1H3. The van der Waals surface area contributed by atoms with Gasteiger partial charge in [0.2, 0.25) is 0 Å². The predicted octanol–water partition coefficient (Wildman–Crippen LogP) is 1.81. The Hall–Kier alpha value is -0.380. The van der Waals surface area contributed by atoms with Crippen LogP contribution < -0.4 is 10.9 Å². The van der Waals surface area contributed by atoms with Gasteiger partial charge in [0.1, 0.15) is 0 Å². The van der Waals surface area contributed by atoms with Crippen molar-refractivity contribution < 1.29 is 0 Å². The van der Waals surface area contributed by atoms with E-state index >= 15 is 0 Å². The highest BCUT2D eigenvalue weighted by molar-refractivity contribution is 9.10. The van der Waals surface area contributed by atoms with Crippen LogP contribution in [0.3, 0.4) is 0 Å². The molecule has 0 aromatic heterocycles. The second kappa shape index (κ2) is 3.40. The van der Waals surface area contributed by atoms with Crippen molar-refractivity contribution in [1.29, 1.82) is 0 Å². The number of hydrogen-bond acceptors (Lipinski definition) is 2. The molecule has 1 aromatic rings. The first-order valence-electron chi connectivity index (χ1n) is 4.42. The van der Waals surface area contributed by atoms with Gasteiger partial charge in [0, 0.05) is 23.0 Å². The lowest BCUT2D eigenvalue weighted by molar-refractivity contribution is 0.553. The molecule has 0 unspecified atom stereocenters. The van der Waals surface area contributed by atoms with Crippen molar-refractivity contribution in [3.8, 4) is 0 Å². The molecule has 1 heterocycles. The minimum Gasteiger partial charge on any atom is -0.257 e. The summed E-state index contributed by atoms with van der Waals surface area (Å²) in [4.78, 5) is 0. The molecular weight excluding hydrogens is 228 g/mol. The summed E-state index contributed by atoms with van der Waals surface area (Å²) in [5.41, 5.74) is 7.95.